The number of alkyl halides is 3. The molecule has 3 nitrogen and oxygen atoms in total. The molecule has 2 rings (SSSR count). The van der Waals surface area contributed by atoms with E-state index in [0.717, 1.165) is 25.9 Å². The zero-order valence-corrected chi connectivity index (χ0v) is 13.1. The second-order valence-electron chi connectivity index (χ2n) is 6.55. The number of nitrogens with zero attached hydrogens (tertiary/aromatic N) is 2. The van der Waals surface area contributed by atoms with Gasteiger partial charge in [-0.3, -0.25) is 4.98 Å². The lowest BCUT2D eigenvalue weighted by molar-refractivity contribution is -0.226. The molecule has 1 aliphatic rings. The molecular weight excluding hydrogens is 293 g/mol. The summed E-state index contributed by atoms with van der Waals surface area (Å²) in [5.74, 6) is 0. The van der Waals surface area contributed by atoms with Gasteiger partial charge in [0, 0.05) is 12.7 Å². The van der Waals surface area contributed by atoms with Crippen molar-refractivity contribution in [1.29, 1.82) is 0 Å². The highest BCUT2D eigenvalue weighted by Gasteiger charge is 2.42. The first-order valence-corrected chi connectivity index (χ1v) is 7.59. The van der Waals surface area contributed by atoms with E-state index in [1.165, 1.54) is 18.3 Å². The lowest BCUT2D eigenvalue weighted by atomic mass is 9.83. The van der Waals surface area contributed by atoms with Gasteiger partial charge in [0.2, 0.25) is 0 Å². The summed E-state index contributed by atoms with van der Waals surface area (Å²) in [5.41, 5.74) is 0.245. The summed E-state index contributed by atoms with van der Waals surface area (Å²) in [5, 5.41) is 0. The molecule has 1 aromatic heterocycles. The van der Waals surface area contributed by atoms with Crippen molar-refractivity contribution in [2.75, 3.05) is 26.2 Å². The summed E-state index contributed by atoms with van der Waals surface area (Å²) in [6.07, 6.45) is -2.91. The number of halogens is 3. The SMILES string of the molecule is CC1(C)CCN(CCOC(c2ccccn2)C(F)(F)F)CC1. The van der Waals surface area contributed by atoms with Gasteiger partial charge in [0.1, 0.15) is 0 Å². The predicted octanol–water partition coefficient (Wildman–Crippen LogP) is 3.82. The number of rotatable bonds is 5. The number of hydrogen-bond acceptors (Lipinski definition) is 3. The van der Waals surface area contributed by atoms with E-state index in [1.54, 1.807) is 6.07 Å². The maximum absolute atomic E-state index is 13.1. The van der Waals surface area contributed by atoms with Crippen molar-refractivity contribution in [3.63, 3.8) is 0 Å². The Bertz CT molecular complexity index is 452. The summed E-state index contributed by atoms with van der Waals surface area (Å²) in [4.78, 5) is 5.94. The minimum absolute atomic E-state index is 0.0567. The molecule has 1 fully saturated rings. The molecule has 0 aliphatic carbocycles. The van der Waals surface area contributed by atoms with E-state index in [9.17, 15) is 13.2 Å². The first-order valence-electron chi connectivity index (χ1n) is 7.59. The Labute approximate surface area is 129 Å². The van der Waals surface area contributed by atoms with Crippen LogP contribution in [0.5, 0.6) is 0 Å². The van der Waals surface area contributed by atoms with Crippen molar-refractivity contribution in [2.24, 2.45) is 5.41 Å². The van der Waals surface area contributed by atoms with Crippen LogP contribution in [0.3, 0.4) is 0 Å². The van der Waals surface area contributed by atoms with Gasteiger partial charge in [0.25, 0.3) is 0 Å². The molecule has 1 aromatic rings. The second kappa shape index (κ2) is 6.96. The van der Waals surface area contributed by atoms with Crippen LogP contribution < -0.4 is 0 Å². The van der Waals surface area contributed by atoms with E-state index in [0.29, 0.717) is 12.0 Å². The molecule has 124 valence electrons. The first kappa shape index (κ1) is 17.2. The third-order valence-corrected chi connectivity index (χ3v) is 4.16. The fourth-order valence-corrected chi connectivity index (χ4v) is 2.56. The third kappa shape index (κ3) is 4.95. The Balaban J connectivity index is 1.85. The van der Waals surface area contributed by atoms with E-state index >= 15 is 0 Å². The smallest absolute Gasteiger partial charge is 0.361 e. The lowest BCUT2D eigenvalue weighted by Crippen LogP contribution is -2.39. The van der Waals surface area contributed by atoms with Crippen LogP contribution >= 0.6 is 0 Å². The summed E-state index contributed by atoms with van der Waals surface area (Å²) < 4.78 is 44.4. The van der Waals surface area contributed by atoms with Crippen LogP contribution in [0, 0.1) is 5.41 Å². The largest absolute Gasteiger partial charge is 0.420 e. The molecule has 22 heavy (non-hydrogen) atoms. The van der Waals surface area contributed by atoms with E-state index in [4.69, 9.17) is 4.74 Å². The fraction of sp³-hybridized carbons (Fsp3) is 0.688. The normalized spacial score (nSPS) is 20.8. The van der Waals surface area contributed by atoms with Crippen LogP contribution in [0.2, 0.25) is 0 Å². The average Bonchev–Trinajstić information content (AvgIpc) is 2.44. The first-order chi connectivity index (χ1) is 10.3. The van der Waals surface area contributed by atoms with Gasteiger partial charge in [0.05, 0.1) is 12.3 Å². The van der Waals surface area contributed by atoms with Crippen molar-refractivity contribution >= 4 is 0 Å². The van der Waals surface area contributed by atoms with Gasteiger partial charge < -0.3 is 9.64 Å². The highest BCUT2D eigenvalue weighted by molar-refractivity contribution is 5.08. The molecule has 0 spiro atoms. The monoisotopic (exact) mass is 316 g/mol. The van der Waals surface area contributed by atoms with Gasteiger partial charge in [-0.2, -0.15) is 13.2 Å². The van der Waals surface area contributed by atoms with E-state index in [1.807, 2.05) is 0 Å². The minimum Gasteiger partial charge on any atom is -0.361 e. The molecule has 2 heterocycles. The van der Waals surface area contributed by atoms with Crippen LogP contribution in [0.1, 0.15) is 38.5 Å². The number of ether oxygens (including phenoxy) is 1. The average molecular weight is 316 g/mol. The number of likely N-dealkylation sites (tertiary alicyclic amines) is 1. The number of aromatic nitrogens is 1. The Morgan fingerprint density at radius 2 is 1.95 bits per heavy atom. The van der Waals surface area contributed by atoms with Crippen LogP contribution in [0.4, 0.5) is 13.2 Å². The van der Waals surface area contributed by atoms with Gasteiger partial charge in [-0.25, -0.2) is 0 Å². The number of pyridine rings is 1. The van der Waals surface area contributed by atoms with Crippen molar-refractivity contribution in [3.8, 4) is 0 Å². The second-order valence-corrected chi connectivity index (χ2v) is 6.55. The summed E-state index contributed by atoms with van der Waals surface area (Å²) in [6, 6.07) is 4.48. The van der Waals surface area contributed by atoms with E-state index in [-0.39, 0.29) is 12.3 Å². The summed E-state index contributed by atoms with van der Waals surface area (Å²) in [6.45, 7) is 6.85. The van der Waals surface area contributed by atoms with E-state index < -0.39 is 12.3 Å². The Morgan fingerprint density at radius 1 is 1.27 bits per heavy atom. The Kier molecular flexibility index (Phi) is 5.45. The lowest BCUT2D eigenvalue weighted by Gasteiger charge is -2.37. The van der Waals surface area contributed by atoms with Gasteiger partial charge in [0.15, 0.2) is 6.10 Å². The van der Waals surface area contributed by atoms with Gasteiger partial charge in [-0.05, 0) is 43.5 Å². The zero-order chi connectivity index (χ0) is 16.2. The predicted molar refractivity (Wildman–Crippen MR) is 78.4 cm³/mol. The van der Waals surface area contributed by atoms with Crippen molar-refractivity contribution in [3.05, 3.63) is 30.1 Å². The molecule has 0 N–H and O–H groups in total. The Hall–Kier alpha value is -1.14. The molecule has 1 aliphatic heterocycles. The number of piperidine rings is 1. The molecule has 0 bridgehead atoms. The maximum Gasteiger partial charge on any atom is 0.420 e. The molecule has 1 unspecified atom stereocenters. The maximum atomic E-state index is 13.1. The van der Waals surface area contributed by atoms with E-state index in [2.05, 4.69) is 23.7 Å². The minimum atomic E-state index is -4.45. The molecule has 0 amide bonds. The fourth-order valence-electron chi connectivity index (χ4n) is 2.56. The topological polar surface area (TPSA) is 25.4 Å². The molecular formula is C16H23F3N2O. The van der Waals surface area contributed by atoms with Crippen LogP contribution in [-0.2, 0) is 4.74 Å². The Morgan fingerprint density at radius 3 is 2.50 bits per heavy atom. The highest BCUT2D eigenvalue weighted by Crippen LogP contribution is 2.35. The van der Waals surface area contributed by atoms with Crippen LogP contribution in [0.15, 0.2) is 24.4 Å². The third-order valence-electron chi connectivity index (χ3n) is 4.16. The van der Waals surface area contributed by atoms with Crippen LogP contribution in [-0.4, -0.2) is 42.3 Å². The van der Waals surface area contributed by atoms with Crippen molar-refractivity contribution < 1.29 is 17.9 Å². The molecule has 1 saturated heterocycles. The van der Waals surface area contributed by atoms with Crippen LogP contribution in [0.25, 0.3) is 0 Å². The highest BCUT2D eigenvalue weighted by atomic mass is 19.4. The summed E-state index contributed by atoms with van der Waals surface area (Å²) >= 11 is 0. The molecule has 0 aromatic carbocycles. The van der Waals surface area contributed by atoms with Crippen molar-refractivity contribution in [1.82, 2.24) is 9.88 Å². The zero-order valence-electron chi connectivity index (χ0n) is 13.1. The molecule has 6 heteroatoms. The molecule has 1 atom stereocenters. The van der Waals surface area contributed by atoms with Gasteiger partial charge in [-0.1, -0.05) is 19.9 Å². The van der Waals surface area contributed by atoms with Gasteiger partial charge in [-0.15, -0.1) is 0 Å². The molecule has 0 saturated carbocycles. The standard InChI is InChI=1S/C16H23F3N2O/c1-15(2)6-9-21(10-7-15)11-12-22-14(16(17,18)19)13-5-3-4-8-20-13/h3-5,8,14H,6-7,9-12H2,1-2H3. The van der Waals surface area contributed by atoms with Gasteiger partial charge >= 0.3 is 6.18 Å². The van der Waals surface area contributed by atoms with Crippen molar-refractivity contribution in [2.45, 2.75) is 39.0 Å². The number of hydrogen-bond donors (Lipinski definition) is 0. The quantitative estimate of drug-likeness (QED) is 0.825. The summed E-state index contributed by atoms with van der Waals surface area (Å²) in [7, 11) is 0. The molecule has 0 radical (unpaired) electrons.